The molecule has 0 spiro atoms. The first-order chi connectivity index (χ1) is 16.7. The lowest BCUT2D eigenvalue weighted by atomic mass is 9.95. The van der Waals surface area contributed by atoms with E-state index in [2.05, 4.69) is 5.32 Å². The average Bonchev–Trinajstić information content (AvgIpc) is 3.36. The molecule has 1 saturated heterocycles. The molecule has 5 rings (SSSR count). The van der Waals surface area contributed by atoms with Crippen molar-refractivity contribution in [1.82, 2.24) is 4.90 Å². The van der Waals surface area contributed by atoms with E-state index in [0.717, 1.165) is 5.56 Å². The largest absolute Gasteiger partial charge is 0.489 e. The van der Waals surface area contributed by atoms with E-state index in [1.807, 2.05) is 42.5 Å². The first kappa shape index (κ1) is 21.8. The molecule has 0 aliphatic carbocycles. The molecule has 0 bridgehead atoms. The number of rotatable bonds is 6. The first-order valence-electron chi connectivity index (χ1n) is 11.4. The zero-order valence-corrected chi connectivity index (χ0v) is 18.7. The SMILES string of the molecule is O=C(Nc1ccc2c(c1)OCO2)C1CCN(C(=O)c2cccc(OCc3ccccc3)c2)CC1. The third-order valence-corrected chi connectivity index (χ3v) is 6.12. The fourth-order valence-electron chi connectivity index (χ4n) is 4.21. The summed E-state index contributed by atoms with van der Waals surface area (Å²) in [6.45, 7) is 1.71. The summed E-state index contributed by atoms with van der Waals surface area (Å²) in [6.07, 6.45) is 1.23. The number of hydrogen-bond donors (Lipinski definition) is 1. The van der Waals surface area contributed by atoms with E-state index in [1.54, 1.807) is 35.2 Å². The number of piperidine rings is 1. The molecule has 0 aromatic heterocycles. The minimum atomic E-state index is -0.144. The molecule has 0 atom stereocenters. The number of likely N-dealkylation sites (tertiary alicyclic amines) is 1. The second kappa shape index (κ2) is 9.87. The van der Waals surface area contributed by atoms with Crippen molar-refractivity contribution in [1.29, 1.82) is 0 Å². The van der Waals surface area contributed by atoms with E-state index < -0.39 is 0 Å². The predicted molar refractivity (Wildman–Crippen MR) is 127 cm³/mol. The van der Waals surface area contributed by atoms with Crippen LogP contribution in [0.5, 0.6) is 17.2 Å². The summed E-state index contributed by atoms with van der Waals surface area (Å²) in [5, 5.41) is 2.96. The van der Waals surface area contributed by atoms with Gasteiger partial charge in [-0.1, -0.05) is 36.4 Å². The molecule has 3 aromatic carbocycles. The molecule has 1 N–H and O–H groups in total. The van der Waals surface area contributed by atoms with Crippen LogP contribution >= 0.6 is 0 Å². The van der Waals surface area contributed by atoms with Crippen LogP contribution in [0.15, 0.2) is 72.8 Å². The quantitative estimate of drug-likeness (QED) is 0.589. The summed E-state index contributed by atoms with van der Waals surface area (Å²) in [5.41, 5.74) is 2.34. The summed E-state index contributed by atoms with van der Waals surface area (Å²) in [7, 11) is 0. The Labute approximate surface area is 198 Å². The second-order valence-electron chi connectivity index (χ2n) is 8.43. The van der Waals surface area contributed by atoms with Crippen molar-refractivity contribution >= 4 is 17.5 Å². The average molecular weight is 459 g/mol. The number of amides is 2. The number of nitrogens with one attached hydrogen (secondary N) is 1. The fourth-order valence-corrected chi connectivity index (χ4v) is 4.21. The molecule has 174 valence electrons. The molecular weight excluding hydrogens is 432 g/mol. The Hall–Kier alpha value is -4.00. The predicted octanol–water partition coefficient (Wildman–Crippen LogP) is 4.49. The van der Waals surface area contributed by atoms with Gasteiger partial charge in [-0.3, -0.25) is 9.59 Å². The monoisotopic (exact) mass is 458 g/mol. The molecule has 0 unspecified atom stereocenters. The van der Waals surface area contributed by atoms with Crippen molar-refractivity contribution in [2.24, 2.45) is 5.92 Å². The highest BCUT2D eigenvalue weighted by molar-refractivity contribution is 5.95. The van der Waals surface area contributed by atoms with E-state index in [0.29, 0.717) is 61.0 Å². The molecule has 2 amide bonds. The van der Waals surface area contributed by atoms with Gasteiger partial charge < -0.3 is 24.4 Å². The highest BCUT2D eigenvalue weighted by Gasteiger charge is 2.28. The third-order valence-electron chi connectivity index (χ3n) is 6.12. The normalized spacial score (nSPS) is 15.1. The number of benzene rings is 3. The number of nitrogens with zero attached hydrogens (tertiary/aromatic N) is 1. The molecule has 2 aliphatic rings. The molecule has 0 saturated carbocycles. The molecule has 34 heavy (non-hydrogen) atoms. The molecule has 2 aliphatic heterocycles. The van der Waals surface area contributed by atoms with Gasteiger partial charge in [-0.05, 0) is 48.7 Å². The van der Waals surface area contributed by atoms with Gasteiger partial charge >= 0.3 is 0 Å². The Balaban J connectivity index is 1.14. The Morgan fingerprint density at radius 2 is 1.71 bits per heavy atom. The summed E-state index contributed by atoms with van der Waals surface area (Å²) >= 11 is 0. The maximum Gasteiger partial charge on any atom is 0.253 e. The van der Waals surface area contributed by atoms with Gasteiger partial charge in [-0.25, -0.2) is 0 Å². The van der Waals surface area contributed by atoms with Gasteiger partial charge in [0.15, 0.2) is 11.5 Å². The van der Waals surface area contributed by atoms with Crippen LogP contribution in [0.2, 0.25) is 0 Å². The van der Waals surface area contributed by atoms with Crippen LogP contribution in [0.4, 0.5) is 5.69 Å². The van der Waals surface area contributed by atoms with Crippen LogP contribution in [0.1, 0.15) is 28.8 Å². The van der Waals surface area contributed by atoms with Gasteiger partial charge in [0, 0.05) is 36.3 Å². The van der Waals surface area contributed by atoms with Crippen LogP contribution < -0.4 is 19.5 Å². The molecule has 2 heterocycles. The standard InChI is InChI=1S/C27H26N2O5/c30-26(28-22-9-10-24-25(16-22)34-18-33-24)20-11-13-29(14-12-20)27(31)21-7-4-8-23(15-21)32-17-19-5-2-1-3-6-19/h1-10,15-16,20H,11-14,17-18H2,(H,28,30). The van der Waals surface area contributed by atoms with Gasteiger partial charge in [0.05, 0.1) is 0 Å². The highest BCUT2D eigenvalue weighted by atomic mass is 16.7. The Morgan fingerprint density at radius 3 is 2.53 bits per heavy atom. The van der Waals surface area contributed by atoms with Crippen molar-refractivity contribution in [2.45, 2.75) is 19.4 Å². The highest BCUT2D eigenvalue weighted by Crippen LogP contribution is 2.34. The van der Waals surface area contributed by atoms with Crippen molar-refractivity contribution in [3.05, 3.63) is 83.9 Å². The lowest BCUT2D eigenvalue weighted by Crippen LogP contribution is -2.41. The zero-order chi connectivity index (χ0) is 23.3. The lowest BCUT2D eigenvalue weighted by Gasteiger charge is -2.31. The summed E-state index contributed by atoms with van der Waals surface area (Å²) < 4.78 is 16.5. The smallest absolute Gasteiger partial charge is 0.253 e. The van der Waals surface area contributed by atoms with Gasteiger partial charge in [-0.15, -0.1) is 0 Å². The fraction of sp³-hybridized carbons (Fsp3) is 0.259. The van der Waals surface area contributed by atoms with Crippen molar-refractivity contribution in [3.8, 4) is 17.2 Å². The number of hydrogen-bond acceptors (Lipinski definition) is 5. The minimum Gasteiger partial charge on any atom is -0.489 e. The Kier molecular flexibility index (Phi) is 6.33. The topological polar surface area (TPSA) is 77.1 Å². The number of carbonyl (C=O) groups excluding carboxylic acids is 2. The Bertz CT molecular complexity index is 1170. The van der Waals surface area contributed by atoms with Crippen LogP contribution in [-0.2, 0) is 11.4 Å². The van der Waals surface area contributed by atoms with E-state index in [9.17, 15) is 9.59 Å². The molecular formula is C27H26N2O5. The van der Waals surface area contributed by atoms with Crippen LogP contribution in [-0.4, -0.2) is 36.6 Å². The minimum absolute atomic E-state index is 0.0396. The van der Waals surface area contributed by atoms with E-state index in [4.69, 9.17) is 14.2 Å². The number of fused-ring (bicyclic) bond motifs is 1. The maximum atomic E-state index is 13.0. The van der Waals surface area contributed by atoms with E-state index >= 15 is 0 Å². The lowest BCUT2D eigenvalue weighted by molar-refractivity contribution is -0.121. The third kappa shape index (κ3) is 4.98. The molecule has 3 aromatic rings. The first-order valence-corrected chi connectivity index (χ1v) is 11.4. The number of anilines is 1. The molecule has 0 radical (unpaired) electrons. The zero-order valence-electron chi connectivity index (χ0n) is 18.7. The van der Waals surface area contributed by atoms with Crippen molar-refractivity contribution in [3.63, 3.8) is 0 Å². The van der Waals surface area contributed by atoms with Gasteiger partial charge in [-0.2, -0.15) is 0 Å². The van der Waals surface area contributed by atoms with E-state index in [1.165, 1.54) is 0 Å². The van der Waals surface area contributed by atoms with Crippen molar-refractivity contribution in [2.75, 3.05) is 25.2 Å². The van der Waals surface area contributed by atoms with E-state index in [-0.39, 0.29) is 24.5 Å². The molecule has 7 nitrogen and oxygen atoms in total. The number of ether oxygens (including phenoxy) is 3. The second-order valence-corrected chi connectivity index (χ2v) is 8.43. The van der Waals surface area contributed by atoms with Gasteiger partial charge in [0.25, 0.3) is 5.91 Å². The molecule has 1 fully saturated rings. The van der Waals surface area contributed by atoms with Gasteiger partial charge in [0.2, 0.25) is 12.7 Å². The van der Waals surface area contributed by atoms with Crippen LogP contribution in [0.3, 0.4) is 0 Å². The summed E-state index contributed by atoms with van der Waals surface area (Å²) in [6, 6.07) is 22.5. The number of carbonyl (C=O) groups is 2. The summed E-state index contributed by atoms with van der Waals surface area (Å²) in [4.78, 5) is 27.6. The van der Waals surface area contributed by atoms with Crippen LogP contribution in [0, 0.1) is 5.92 Å². The Morgan fingerprint density at radius 1 is 0.912 bits per heavy atom. The van der Waals surface area contributed by atoms with Crippen molar-refractivity contribution < 1.29 is 23.8 Å². The van der Waals surface area contributed by atoms with Gasteiger partial charge in [0.1, 0.15) is 12.4 Å². The maximum absolute atomic E-state index is 13.0. The summed E-state index contributed by atoms with van der Waals surface area (Å²) in [5.74, 6) is 1.75. The van der Waals surface area contributed by atoms with Crippen LogP contribution in [0.25, 0.3) is 0 Å². The molecule has 7 heteroatoms.